The summed E-state index contributed by atoms with van der Waals surface area (Å²) >= 11 is 0. The number of carboxylic acids is 2. The van der Waals surface area contributed by atoms with Crippen molar-refractivity contribution in [2.75, 3.05) is 23.3 Å². The Morgan fingerprint density at radius 3 is 2.24 bits per heavy atom. The number of anilines is 2. The second-order valence-electron chi connectivity index (χ2n) is 8.24. The fourth-order valence-electron chi connectivity index (χ4n) is 3.52. The number of amides is 1. The van der Waals surface area contributed by atoms with Crippen molar-refractivity contribution in [1.29, 1.82) is 0 Å². The van der Waals surface area contributed by atoms with E-state index in [4.69, 9.17) is 9.90 Å². The van der Waals surface area contributed by atoms with Gasteiger partial charge >= 0.3 is 18.1 Å². The van der Waals surface area contributed by atoms with E-state index >= 15 is 0 Å². The number of benzene rings is 2. The van der Waals surface area contributed by atoms with Crippen LogP contribution in [0.2, 0.25) is 0 Å². The van der Waals surface area contributed by atoms with Crippen molar-refractivity contribution in [3.63, 3.8) is 0 Å². The zero-order valence-electron chi connectivity index (χ0n) is 18.9. The predicted octanol–water partition coefficient (Wildman–Crippen LogP) is 4.74. The van der Waals surface area contributed by atoms with Gasteiger partial charge in [-0.25, -0.2) is 9.59 Å². The van der Waals surface area contributed by atoms with Crippen LogP contribution in [0.3, 0.4) is 0 Å². The molecule has 1 amide bonds. The van der Waals surface area contributed by atoms with Gasteiger partial charge in [-0.2, -0.15) is 13.2 Å². The molecule has 0 aromatic heterocycles. The summed E-state index contributed by atoms with van der Waals surface area (Å²) in [4.78, 5) is 35.2. The number of carbonyl (C=O) groups excluding carboxylic acids is 1. The first-order chi connectivity index (χ1) is 15.9. The Kier molecular flexibility index (Phi) is 9.05. The second kappa shape index (κ2) is 11.5. The van der Waals surface area contributed by atoms with Crippen LogP contribution < -0.4 is 10.2 Å². The van der Waals surface area contributed by atoms with Crippen LogP contribution in [0.1, 0.15) is 41.3 Å². The van der Waals surface area contributed by atoms with Crippen LogP contribution in [0.4, 0.5) is 24.5 Å². The summed E-state index contributed by atoms with van der Waals surface area (Å²) < 4.78 is 31.7. The number of piperidine rings is 1. The van der Waals surface area contributed by atoms with E-state index in [0.29, 0.717) is 11.6 Å². The molecule has 1 fully saturated rings. The molecule has 0 bridgehead atoms. The van der Waals surface area contributed by atoms with E-state index in [-0.39, 0.29) is 17.9 Å². The largest absolute Gasteiger partial charge is 0.490 e. The first-order valence-corrected chi connectivity index (χ1v) is 10.6. The summed E-state index contributed by atoms with van der Waals surface area (Å²) in [5.74, 6) is -3.42. The highest BCUT2D eigenvalue weighted by atomic mass is 19.4. The number of nitrogens with one attached hydrogen (secondary N) is 1. The summed E-state index contributed by atoms with van der Waals surface area (Å²) in [6, 6.07) is 13.0. The molecule has 1 aliphatic heterocycles. The molecule has 1 saturated heterocycles. The fourth-order valence-corrected chi connectivity index (χ4v) is 3.52. The third-order valence-electron chi connectivity index (χ3n) is 5.26. The first-order valence-electron chi connectivity index (χ1n) is 10.6. The summed E-state index contributed by atoms with van der Waals surface area (Å²) in [6.07, 6.45) is -2.56. The van der Waals surface area contributed by atoms with Gasteiger partial charge in [-0.3, -0.25) is 4.79 Å². The highest BCUT2D eigenvalue weighted by Crippen LogP contribution is 2.27. The normalized spacial score (nSPS) is 15.7. The van der Waals surface area contributed by atoms with Gasteiger partial charge in [-0.15, -0.1) is 0 Å². The number of hydrogen-bond donors (Lipinski definition) is 3. The maximum absolute atomic E-state index is 12.4. The number of aromatic carboxylic acids is 1. The minimum atomic E-state index is -5.08. The van der Waals surface area contributed by atoms with E-state index < -0.39 is 18.1 Å². The van der Waals surface area contributed by atoms with Crippen molar-refractivity contribution in [2.24, 2.45) is 5.92 Å². The van der Waals surface area contributed by atoms with Crippen LogP contribution >= 0.6 is 0 Å². The first kappa shape index (κ1) is 26.7. The molecule has 0 spiro atoms. The SMILES string of the molecule is Cc1ccc(CC(=O)Nc2ccc(N3CCCC(C)C3)cc2C(=O)O)cc1.O=C(O)C(F)(F)F. The molecule has 1 atom stereocenters. The smallest absolute Gasteiger partial charge is 0.478 e. The van der Waals surface area contributed by atoms with Gasteiger partial charge in [-0.1, -0.05) is 36.8 Å². The lowest BCUT2D eigenvalue weighted by Crippen LogP contribution is -2.34. The van der Waals surface area contributed by atoms with Crippen molar-refractivity contribution in [1.82, 2.24) is 0 Å². The molecule has 1 unspecified atom stereocenters. The summed E-state index contributed by atoms with van der Waals surface area (Å²) in [5.41, 5.74) is 3.40. The Bertz CT molecular complexity index is 1020. The van der Waals surface area contributed by atoms with Gasteiger partial charge in [0.25, 0.3) is 0 Å². The molecular formula is C24H27F3N2O5. The molecule has 184 valence electrons. The van der Waals surface area contributed by atoms with Gasteiger partial charge in [0.1, 0.15) is 0 Å². The van der Waals surface area contributed by atoms with Crippen molar-refractivity contribution in [3.05, 3.63) is 59.2 Å². The van der Waals surface area contributed by atoms with E-state index in [9.17, 15) is 27.9 Å². The van der Waals surface area contributed by atoms with Gasteiger partial charge in [0.2, 0.25) is 5.91 Å². The molecule has 1 heterocycles. The Labute approximate surface area is 195 Å². The van der Waals surface area contributed by atoms with Gasteiger partial charge in [0.05, 0.1) is 17.7 Å². The Balaban J connectivity index is 0.000000509. The number of halogens is 3. The lowest BCUT2D eigenvalue weighted by Gasteiger charge is -2.33. The van der Waals surface area contributed by atoms with Crippen molar-refractivity contribution < 1.29 is 37.8 Å². The summed E-state index contributed by atoms with van der Waals surface area (Å²) in [6.45, 7) is 6.07. The van der Waals surface area contributed by atoms with Crippen LogP contribution in [0.25, 0.3) is 0 Å². The molecule has 0 aliphatic carbocycles. The highest BCUT2D eigenvalue weighted by Gasteiger charge is 2.38. The van der Waals surface area contributed by atoms with E-state index in [1.807, 2.05) is 37.3 Å². The number of carbonyl (C=O) groups is 3. The molecule has 7 nitrogen and oxygen atoms in total. The molecule has 3 rings (SSSR count). The molecule has 0 saturated carbocycles. The zero-order chi connectivity index (χ0) is 25.5. The minimum Gasteiger partial charge on any atom is -0.478 e. The predicted molar refractivity (Wildman–Crippen MR) is 121 cm³/mol. The maximum Gasteiger partial charge on any atom is 0.490 e. The van der Waals surface area contributed by atoms with Gasteiger partial charge in [0.15, 0.2) is 0 Å². The Morgan fingerprint density at radius 2 is 1.71 bits per heavy atom. The van der Waals surface area contributed by atoms with Crippen molar-refractivity contribution in [3.8, 4) is 0 Å². The number of rotatable bonds is 5. The molecule has 1 aliphatic rings. The topological polar surface area (TPSA) is 107 Å². The number of carboxylic acid groups (broad SMARTS) is 2. The molecule has 34 heavy (non-hydrogen) atoms. The van der Waals surface area contributed by atoms with Gasteiger partial charge in [-0.05, 0) is 49.4 Å². The standard InChI is InChI=1S/C22H26N2O3.C2HF3O2/c1-15-5-7-17(8-6-15)12-21(25)23-20-10-9-18(13-19(20)22(26)27)24-11-3-4-16(2)14-24;3-2(4,5)1(6)7/h5-10,13,16H,3-4,11-12,14H2,1-2H3,(H,23,25)(H,26,27);(H,6,7). The number of aliphatic carboxylic acids is 1. The van der Waals surface area contributed by atoms with E-state index in [1.165, 1.54) is 6.42 Å². The van der Waals surface area contributed by atoms with Crippen LogP contribution in [0.15, 0.2) is 42.5 Å². The molecule has 3 N–H and O–H groups in total. The molecule has 2 aromatic carbocycles. The van der Waals surface area contributed by atoms with Crippen molar-refractivity contribution >= 4 is 29.2 Å². The van der Waals surface area contributed by atoms with Crippen molar-refractivity contribution in [2.45, 2.75) is 39.3 Å². The third kappa shape index (κ3) is 8.09. The average Bonchev–Trinajstić information content (AvgIpc) is 2.75. The molecule has 2 aromatic rings. The Morgan fingerprint density at radius 1 is 1.09 bits per heavy atom. The number of hydrogen-bond acceptors (Lipinski definition) is 4. The van der Waals surface area contributed by atoms with Gasteiger partial charge in [0, 0.05) is 18.8 Å². The van der Waals surface area contributed by atoms with Crippen LogP contribution in [0, 0.1) is 12.8 Å². The minimum absolute atomic E-state index is 0.128. The lowest BCUT2D eigenvalue weighted by molar-refractivity contribution is -0.192. The van der Waals surface area contributed by atoms with Crippen LogP contribution in [-0.4, -0.2) is 47.3 Å². The average molecular weight is 480 g/mol. The number of nitrogens with zero attached hydrogens (tertiary/aromatic N) is 1. The molecule has 0 radical (unpaired) electrons. The quantitative estimate of drug-likeness (QED) is 0.571. The van der Waals surface area contributed by atoms with Crippen LogP contribution in [0.5, 0.6) is 0 Å². The lowest BCUT2D eigenvalue weighted by atomic mass is 9.99. The van der Waals surface area contributed by atoms with E-state index in [2.05, 4.69) is 17.1 Å². The summed E-state index contributed by atoms with van der Waals surface area (Å²) in [5, 5.41) is 19.5. The molecular weight excluding hydrogens is 453 g/mol. The van der Waals surface area contributed by atoms with E-state index in [1.54, 1.807) is 12.1 Å². The number of aryl methyl sites for hydroxylation is 1. The molecule has 10 heteroatoms. The highest BCUT2D eigenvalue weighted by molar-refractivity contribution is 6.01. The van der Waals surface area contributed by atoms with Crippen LogP contribution in [-0.2, 0) is 16.0 Å². The summed E-state index contributed by atoms with van der Waals surface area (Å²) in [7, 11) is 0. The fraction of sp³-hybridized carbons (Fsp3) is 0.375. The second-order valence-corrected chi connectivity index (χ2v) is 8.24. The third-order valence-corrected chi connectivity index (χ3v) is 5.26. The monoisotopic (exact) mass is 480 g/mol. The Hall–Kier alpha value is -3.56. The van der Waals surface area contributed by atoms with E-state index in [0.717, 1.165) is 36.3 Å². The maximum atomic E-state index is 12.4. The number of alkyl halides is 3. The zero-order valence-corrected chi connectivity index (χ0v) is 18.9. The van der Waals surface area contributed by atoms with Gasteiger partial charge < -0.3 is 20.4 Å².